The van der Waals surface area contributed by atoms with Crippen LogP contribution in [0, 0.1) is 0 Å². The van der Waals surface area contributed by atoms with Gasteiger partial charge in [0, 0.05) is 18.3 Å². The quantitative estimate of drug-likeness (QED) is 0.570. The second-order valence-corrected chi connectivity index (χ2v) is 6.50. The van der Waals surface area contributed by atoms with Gasteiger partial charge in [0.25, 0.3) is 5.89 Å². The van der Waals surface area contributed by atoms with Crippen LogP contribution in [0.1, 0.15) is 26.2 Å². The maximum Gasteiger partial charge on any atom is 0.283 e. The van der Waals surface area contributed by atoms with E-state index in [-0.39, 0.29) is 18.4 Å². The number of amides is 2. The van der Waals surface area contributed by atoms with Gasteiger partial charge in [-0.05, 0) is 49.4 Å². The normalized spacial score (nSPS) is 10.9. The van der Waals surface area contributed by atoms with Gasteiger partial charge in [-0.25, -0.2) is 0 Å². The predicted octanol–water partition coefficient (Wildman–Crippen LogP) is 3.14. The summed E-state index contributed by atoms with van der Waals surface area (Å²) in [6.45, 7) is 4.72. The third kappa shape index (κ3) is 6.01. The number of anilines is 2. The molecule has 1 aromatic carbocycles. The SMILES string of the molecule is CCCN(CC(=O)Nc1ccc(NC(C)=O)cc1)Cc1nnc(-c2ccco2)o1. The molecular weight excluding hydrogens is 374 g/mol. The van der Waals surface area contributed by atoms with Crippen molar-refractivity contribution in [1.82, 2.24) is 15.1 Å². The Hall–Kier alpha value is -3.46. The second-order valence-electron chi connectivity index (χ2n) is 6.50. The van der Waals surface area contributed by atoms with E-state index in [0.717, 1.165) is 6.42 Å². The molecule has 0 aliphatic heterocycles. The molecule has 0 radical (unpaired) electrons. The zero-order valence-electron chi connectivity index (χ0n) is 16.3. The highest BCUT2D eigenvalue weighted by molar-refractivity contribution is 5.93. The highest BCUT2D eigenvalue weighted by Gasteiger charge is 2.16. The van der Waals surface area contributed by atoms with Gasteiger partial charge in [-0.2, -0.15) is 0 Å². The van der Waals surface area contributed by atoms with Crippen molar-refractivity contribution in [2.45, 2.75) is 26.8 Å². The minimum atomic E-state index is -0.156. The van der Waals surface area contributed by atoms with Crippen molar-refractivity contribution in [3.63, 3.8) is 0 Å². The van der Waals surface area contributed by atoms with Crippen LogP contribution in [0.3, 0.4) is 0 Å². The van der Waals surface area contributed by atoms with Crippen LogP contribution in [0.2, 0.25) is 0 Å². The number of nitrogens with one attached hydrogen (secondary N) is 2. The topological polar surface area (TPSA) is 114 Å². The summed E-state index contributed by atoms with van der Waals surface area (Å²) in [5.74, 6) is 0.929. The molecule has 3 rings (SSSR count). The van der Waals surface area contributed by atoms with E-state index in [1.807, 2.05) is 11.8 Å². The molecule has 2 heterocycles. The molecule has 0 aliphatic rings. The Labute approximate surface area is 168 Å². The monoisotopic (exact) mass is 397 g/mol. The molecule has 2 amide bonds. The Kier molecular flexibility index (Phi) is 6.75. The Morgan fingerprint density at radius 1 is 1.07 bits per heavy atom. The first-order valence-electron chi connectivity index (χ1n) is 9.29. The average molecular weight is 397 g/mol. The Bertz CT molecular complexity index is 934. The summed E-state index contributed by atoms with van der Waals surface area (Å²) in [5, 5.41) is 13.5. The molecule has 9 heteroatoms. The molecule has 0 saturated heterocycles. The van der Waals surface area contributed by atoms with Crippen LogP contribution in [-0.2, 0) is 16.1 Å². The second kappa shape index (κ2) is 9.65. The van der Waals surface area contributed by atoms with Crippen LogP contribution in [0.25, 0.3) is 11.7 Å². The Morgan fingerprint density at radius 2 is 1.79 bits per heavy atom. The summed E-state index contributed by atoms with van der Waals surface area (Å²) < 4.78 is 10.9. The summed E-state index contributed by atoms with van der Waals surface area (Å²) in [5.41, 5.74) is 1.32. The fourth-order valence-corrected chi connectivity index (χ4v) is 2.78. The van der Waals surface area contributed by atoms with Gasteiger partial charge in [-0.1, -0.05) is 6.92 Å². The highest BCUT2D eigenvalue weighted by atomic mass is 16.4. The summed E-state index contributed by atoms with van der Waals surface area (Å²) in [4.78, 5) is 25.4. The molecule has 0 unspecified atom stereocenters. The van der Waals surface area contributed by atoms with Crippen LogP contribution in [-0.4, -0.2) is 40.0 Å². The number of carbonyl (C=O) groups excluding carboxylic acids is 2. The van der Waals surface area contributed by atoms with Crippen molar-refractivity contribution >= 4 is 23.2 Å². The van der Waals surface area contributed by atoms with Crippen molar-refractivity contribution in [1.29, 1.82) is 0 Å². The maximum absolute atomic E-state index is 12.4. The molecule has 9 nitrogen and oxygen atoms in total. The zero-order valence-corrected chi connectivity index (χ0v) is 16.3. The van der Waals surface area contributed by atoms with E-state index in [1.165, 1.54) is 13.2 Å². The van der Waals surface area contributed by atoms with E-state index < -0.39 is 0 Å². The van der Waals surface area contributed by atoms with Crippen LogP contribution in [0.5, 0.6) is 0 Å². The number of rotatable bonds is 9. The lowest BCUT2D eigenvalue weighted by Crippen LogP contribution is -2.33. The number of furan rings is 1. The van der Waals surface area contributed by atoms with Gasteiger partial charge in [-0.15, -0.1) is 10.2 Å². The van der Waals surface area contributed by atoms with Crippen molar-refractivity contribution in [2.24, 2.45) is 0 Å². The third-order valence-electron chi connectivity index (χ3n) is 3.95. The zero-order chi connectivity index (χ0) is 20.6. The lowest BCUT2D eigenvalue weighted by molar-refractivity contribution is -0.117. The van der Waals surface area contributed by atoms with Gasteiger partial charge >= 0.3 is 0 Å². The molecule has 0 atom stereocenters. The Balaban J connectivity index is 1.56. The van der Waals surface area contributed by atoms with E-state index in [0.29, 0.717) is 42.0 Å². The standard InChI is InChI=1S/C20H23N5O4/c1-3-10-25(13-19-23-24-20(29-19)17-5-4-11-28-17)12-18(27)22-16-8-6-15(7-9-16)21-14(2)26/h4-9,11H,3,10,12-13H2,1-2H3,(H,21,26)(H,22,27). The maximum atomic E-state index is 12.4. The molecular formula is C20H23N5O4. The number of hydrogen-bond acceptors (Lipinski definition) is 7. The molecule has 0 bridgehead atoms. The number of aromatic nitrogens is 2. The van der Waals surface area contributed by atoms with E-state index in [4.69, 9.17) is 8.83 Å². The molecule has 2 N–H and O–H groups in total. The molecule has 2 aromatic heterocycles. The van der Waals surface area contributed by atoms with Crippen molar-refractivity contribution in [2.75, 3.05) is 23.7 Å². The smallest absolute Gasteiger partial charge is 0.283 e. The van der Waals surface area contributed by atoms with Crippen LogP contribution < -0.4 is 10.6 Å². The first-order valence-corrected chi connectivity index (χ1v) is 9.29. The number of nitrogens with zero attached hydrogens (tertiary/aromatic N) is 3. The molecule has 0 saturated carbocycles. The van der Waals surface area contributed by atoms with Crippen LogP contribution >= 0.6 is 0 Å². The lowest BCUT2D eigenvalue weighted by Gasteiger charge is -2.19. The minimum Gasteiger partial charge on any atom is -0.459 e. The lowest BCUT2D eigenvalue weighted by atomic mass is 10.2. The average Bonchev–Trinajstić information content (AvgIpc) is 3.34. The Morgan fingerprint density at radius 3 is 2.41 bits per heavy atom. The van der Waals surface area contributed by atoms with Crippen molar-refractivity contribution in [3.05, 3.63) is 48.6 Å². The number of carbonyl (C=O) groups is 2. The van der Waals surface area contributed by atoms with Crippen molar-refractivity contribution in [3.8, 4) is 11.7 Å². The van der Waals surface area contributed by atoms with Gasteiger partial charge in [0.05, 0.1) is 19.4 Å². The van der Waals surface area contributed by atoms with Gasteiger partial charge in [-0.3, -0.25) is 14.5 Å². The summed E-state index contributed by atoms with van der Waals surface area (Å²) >= 11 is 0. The van der Waals surface area contributed by atoms with Gasteiger partial charge in [0.2, 0.25) is 17.7 Å². The highest BCUT2D eigenvalue weighted by Crippen LogP contribution is 2.19. The first kappa shape index (κ1) is 20.3. The predicted molar refractivity (Wildman–Crippen MR) is 107 cm³/mol. The van der Waals surface area contributed by atoms with Crippen LogP contribution in [0.15, 0.2) is 51.5 Å². The molecule has 0 fully saturated rings. The molecule has 3 aromatic rings. The van der Waals surface area contributed by atoms with Gasteiger partial charge in [0.1, 0.15) is 0 Å². The summed E-state index contributed by atoms with van der Waals surface area (Å²) in [6.07, 6.45) is 2.41. The summed E-state index contributed by atoms with van der Waals surface area (Å²) in [7, 11) is 0. The number of benzene rings is 1. The van der Waals surface area contributed by atoms with E-state index >= 15 is 0 Å². The molecule has 0 aliphatic carbocycles. The fraction of sp³-hybridized carbons (Fsp3) is 0.300. The van der Waals surface area contributed by atoms with Gasteiger partial charge < -0.3 is 19.5 Å². The third-order valence-corrected chi connectivity index (χ3v) is 3.95. The first-order chi connectivity index (χ1) is 14.0. The van der Waals surface area contributed by atoms with Gasteiger partial charge in [0.15, 0.2) is 5.76 Å². The summed E-state index contributed by atoms with van der Waals surface area (Å²) in [6, 6.07) is 10.4. The van der Waals surface area contributed by atoms with E-state index in [1.54, 1.807) is 36.4 Å². The van der Waals surface area contributed by atoms with Crippen molar-refractivity contribution < 1.29 is 18.4 Å². The fourth-order valence-electron chi connectivity index (χ4n) is 2.78. The van der Waals surface area contributed by atoms with E-state index in [9.17, 15) is 9.59 Å². The van der Waals surface area contributed by atoms with E-state index in [2.05, 4.69) is 20.8 Å². The molecule has 29 heavy (non-hydrogen) atoms. The minimum absolute atomic E-state index is 0.145. The molecule has 0 spiro atoms. The largest absolute Gasteiger partial charge is 0.459 e. The number of hydrogen-bond donors (Lipinski definition) is 2. The van der Waals surface area contributed by atoms with Crippen LogP contribution in [0.4, 0.5) is 11.4 Å². The molecule has 152 valence electrons.